The van der Waals surface area contributed by atoms with Gasteiger partial charge in [0.2, 0.25) is 0 Å². The van der Waals surface area contributed by atoms with Gasteiger partial charge in [0.1, 0.15) is 5.52 Å². The first kappa shape index (κ1) is 13.4. The Hall–Kier alpha value is -1.58. The van der Waals surface area contributed by atoms with Crippen LogP contribution in [0.4, 0.5) is 5.82 Å². The van der Waals surface area contributed by atoms with Gasteiger partial charge in [-0.2, -0.15) is 5.10 Å². The lowest BCUT2D eigenvalue weighted by Crippen LogP contribution is -2.33. The zero-order valence-electron chi connectivity index (χ0n) is 13.1. The summed E-state index contributed by atoms with van der Waals surface area (Å²) < 4.78 is 1.93. The molecule has 0 spiro atoms. The molecule has 0 aliphatic heterocycles. The molecule has 0 unspecified atom stereocenters. The van der Waals surface area contributed by atoms with Gasteiger partial charge in [0.25, 0.3) is 0 Å². The highest BCUT2D eigenvalue weighted by Gasteiger charge is 2.38. The molecule has 2 aromatic heterocycles. The Bertz CT molecular complexity index is 629. The topological polar surface area (TPSA) is 42.2 Å². The molecule has 1 aliphatic rings. The van der Waals surface area contributed by atoms with Crippen molar-refractivity contribution >= 4 is 11.3 Å². The van der Waals surface area contributed by atoms with E-state index in [1.165, 1.54) is 12.8 Å². The van der Waals surface area contributed by atoms with Crippen molar-refractivity contribution in [2.24, 2.45) is 5.92 Å². The Balaban J connectivity index is 2.00. The van der Waals surface area contributed by atoms with Gasteiger partial charge in [-0.3, -0.25) is 0 Å². The Kier molecular flexibility index (Phi) is 2.82. The standard InChI is InChI=1S/C16H24N4/c1-15(2,3)13-10-12-14(17-8-9-20(12)19-13)18-16(4,5)11-6-7-11/h8-11H,6-7H2,1-5H3,(H,17,18). The summed E-state index contributed by atoms with van der Waals surface area (Å²) in [6.45, 7) is 11.1. The fourth-order valence-corrected chi connectivity index (χ4v) is 2.60. The number of rotatable bonds is 3. The predicted octanol–water partition coefficient (Wildman–Crippen LogP) is 3.63. The molecule has 1 N–H and O–H groups in total. The zero-order chi connectivity index (χ0) is 14.5. The summed E-state index contributed by atoms with van der Waals surface area (Å²) in [4.78, 5) is 4.53. The van der Waals surface area contributed by atoms with Gasteiger partial charge in [-0.1, -0.05) is 20.8 Å². The van der Waals surface area contributed by atoms with Crippen LogP contribution in [0.15, 0.2) is 18.5 Å². The number of hydrogen-bond donors (Lipinski definition) is 1. The van der Waals surface area contributed by atoms with Gasteiger partial charge in [0, 0.05) is 23.3 Å². The van der Waals surface area contributed by atoms with E-state index in [4.69, 9.17) is 0 Å². The molecule has 3 rings (SSSR count). The number of anilines is 1. The molecule has 1 aliphatic carbocycles. The molecule has 20 heavy (non-hydrogen) atoms. The van der Waals surface area contributed by atoms with Crippen LogP contribution in [0.5, 0.6) is 0 Å². The first-order chi connectivity index (χ1) is 9.27. The van der Waals surface area contributed by atoms with Gasteiger partial charge in [-0.05, 0) is 38.7 Å². The first-order valence-electron chi connectivity index (χ1n) is 7.40. The minimum atomic E-state index is 0.0509. The Morgan fingerprint density at radius 2 is 1.90 bits per heavy atom. The molecule has 0 atom stereocenters. The summed E-state index contributed by atoms with van der Waals surface area (Å²) in [5.41, 5.74) is 2.31. The third kappa shape index (κ3) is 2.39. The molecule has 4 heteroatoms. The lowest BCUT2D eigenvalue weighted by molar-refractivity contribution is 0.493. The maximum Gasteiger partial charge on any atom is 0.152 e. The number of aromatic nitrogens is 3. The molecule has 0 bridgehead atoms. The number of nitrogens with zero attached hydrogens (tertiary/aromatic N) is 3. The van der Waals surface area contributed by atoms with E-state index in [0.717, 1.165) is 22.9 Å². The molecule has 108 valence electrons. The highest BCUT2D eigenvalue weighted by atomic mass is 15.2. The van der Waals surface area contributed by atoms with E-state index in [-0.39, 0.29) is 11.0 Å². The largest absolute Gasteiger partial charge is 0.363 e. The van der Waals surface area contributed by atoms with E-state index in [9.17, 15) is 0 Å². The lowest BCUT2D eigenvalue weighted by Gasteiger charge is -2.27. The van der Waals surface area contributed by atoms with E-state index < -0.39 is 0 Å². The molecule has 0 radical (unpaired) electrons. The van der Waals surface area contributed by atoms with Crippen LogP contribution in [-0.2, 0) is 5.41 Å². The van der Waals surface area contributed by atoms with Crippen molar-refractivity contribution in [3.05, 3.63) is 24.2 Å². The molecule has 0 amide bonds. The van der Waals surface area contributed by atoms with Gasteiger partial charge < -0.3 is 5.32 Å². The van der Waals surface area contributed by atoms with Crippen LogP contribution in [0.25, 0.3) is 5.52 Å². The maximum absolute atomic E-state index is 4.67. The van der Waals surface area contributed by atoms with E-state index in [0.29, 0.717) is 0 Å². The van der Waals surface area contributed by atoms with Crippen LogP contribution in [-0.4, -0.2) is 20.1 Å². The second kappa shape index (κ2) is 4.21. The zero-order valence-corrected chi connectivity index (χ0v) is 13.1. The van der Waals surface area contributed by atoms with Crippen molar-refractivity contribution in [2.45, 2.75) is 58.4 Å². The summed E-state index contributed by atoms with van der Waals surface area (Å²) in [7, 11) is 0. The third-order valence-electron chi connectivity index (χ3n) is 4.20. The van der Waals surface area contributed by atoms with Crippen LogP contribution >= 0.6 is 0 Å². The van der Waals surface area contributed by atoms with E-state index in [1.807, 2.05) is 16.9 Å². The van der Waals surface area contributed by atoms with Crippen LogP contribution in [0.2, 0.25) is 0 Å². The normalized spacial score (nSPS) is 16.6. The molecular weight excluding hydrogens is 248 g/mol. The predicted molar refractivity (Wildman–Crippen MR) is 82.1 cm³/mol. The molecule has 0 saturated heterocycles. The van der Waals surface area contributed by atoms with Gasteiger partial charge in [0.05, 0.1) is 5.69 Å². The van der Waals surface area contributed by atoms with Crippen molar-refractivity contribution < 1.29 is 0 Å². The van der Waals surface area contributed by atoms with Gasteiger partial charge in [-0.15, -0.1) is 0 Å². The summed E-state index contributed by atoms with van der Waals surface area (Å²) in [5.74, 6) is 1.70. The van der Waals surface area contributed by atoms with Crippen molar-refractivity contribution in [2.75, 3.05) is 5.32 Å². The molecule has 2 heterocycles. The lowest BCUT2D eigenvalue weighted by atomic mass is 9.92. The van der Waals surface area contributed by atoms with Crippen LogP contribution in [0.3, 0.4) is 0 Å². The van der Waals surface area contributed by atoms with Gasteiger partial charge >= 0.3 is 0 Å². The van der Waals surface area contributed by atoms with Crippen molar-refractivity contribution in [3.63, 3.8) is 0 Å². The quantitative estimate of drug-likeness (QED) is 0.927. The average molecular weight is 272 g/mol. The first-order valence-corrected chi connectivity index (χ1v) is 7.40. The fourth-order valence-electron chi connectivity index (χ4n) is 2.60. The van der Waals surface area contributed by atoms with Gasteiger partial charge in [0.15, 0.2) is 5.82 Å². The SMILES string of the molecule is CC(C)(C)c1cc2c(NC(C)(C)C3CC3)nccn2n1. The second-order valence-electron chi connectivity index (χ2n) is 7.51. The van der Waals surface area contributed by atoms with Crippen LogP contribution in [0.1, 0.15) is 53.2 Å². The minimum absolute atomic E-state index is 0.0509. The van der Waals surface area contributed by atoms with Crippen LogP contribution in [0, 0.1) is 5.92 Å². The van der Waals surface area contributed by atoms with Gasteiger partial charge in [-0.25, -0.2) is 9.50 Å². The maximum atomic E-state index is 4.67. The molecule has 1 fully saturated rings. The van der Waals surface area contributed by atoms with Crippen molar-refractivity contribution in [3.8, 4) is 0 Å². The molecule has 0 aromatic carbocycles. The molecular formula is C16H24N4. The monoisotopic (exact) mass is 272 g/mol. The van der Waals surface area contributed by atoms with E-state index in [1.54, 1.807) is 0 Å². The Morgan fingerprint density at radius 3 is 2.50 bits per heavy atom. The number of fused-ring (bicyclic) bond motifs is 1. The Labute approximate surface area is 120 Å². The summed E-state index contributed by atoms with van der Waals surface area (Å²) >= 11 is 0. The second-order valence-corrected chi connectivity index (χ2v) is 7.51. The summed E-state index contributed by atoms with van der Waals surface area (Å²) in [6, 6.07) is 2.15. The summed E-state index contributed by atoms with van der Waals surface area (Å²) in [5, 5.41) is 8.29. The molecule has 2 aromatic rings. The van der Waals surface area contributed by atoms with E-state index in [2.05, 4.69) is 56.1 Å². The highest BCUT2D eigenvalue weighted by molar-refractivity contribution is 5.69. The average Bonchev–Trinajstić information content (AvgIpc) is 3.08. The Morgan fingerprint density at radius 1 is 1.20 bits per heavy atom. The molecule has 1 saturated carbocycles. The number of nitrogens with one attached hydrogen (secondary N) is 1. The molecule has 4 nitrogen and oxygen atoms in total. The van der Waals surface area contributed by atoms with Crippen molar-refractivity contribution in [1.29, 1.82) is 0 Å². The van der Waals surface area contributed by atoms with E-state index >= 15 is 0 Å². The smallest absolute Gasteiger partial charge is 0.152 e. The number of hydrogen-bond acceptors (Lipinski definition) is 3. The highest BCUT2D eigenvalue weighted by Crippen LogP contribution is 2.41. The third-order valence-corrected chi connectivity index (χ3v) is 4.20. The minimum Gasteiger partial charge on any atom is -0.363 e. The fraction of sp³-hybridized carbons (Fsp3) is 0.625. The summed E-state index contributed by atoms with van der Waals surface area (Å²) in [6.07, 6.45) is 6.36. The van der Waals surface area contributed by atoms with Crippen LogP contribution < -0.4 is 5.32 Å². The van der Waals surface area contributed by atoms with Crippen molar-refractivity contribution in [1.82, 2.24) is 14.6 Å².